The van der Waals surface area contributed by atoms with Crippen molar-refractivity contribution in [2.24, 2.45) is 5.92 Å². The van der Waals surface area contributed by atoms with Crippen LogP contribution in [-0.4, -0.2) is 18.0 Å². The minimum atomic E-state index is 0.271. The Morgan fingerprint density at radius 1 is 1.25 bits per heavy atom. The van der Waals surface area contributed by atoms with Gasteiger partial charge in [-0.3, -0.25) is 9.69 Å². The van der Waals surface area contributed by atoms with Crippen molar-refractivity contribution in [3.8, 4) is 0 Å². The zero-order valence-electron chi connectivity index (χ0n) is 11.6. The number of hydrogen-bond donors (Lipinski definition) is 0. The third-order valence-electron chi connectivity index (χ3n) is 4.75. The van der Waals surface area contributed by atoms with Crippen LogP contribution >= 0.6 is 11.3 Å². The minimum Gasteiger partial charge on any atom is -0.298 e. The highest BCUT2D eigenvalue weighted by atomic mass is 32.1. The van der Waals surface area contributed by atoms with Crippen LogP contribution in [-0.2, 0) is 13.0 Å². The first-order valence-corrected chi connectivity index (χ1v) is 8.39. The summed E-state index contributed by atoms with van der Waals surface area (Å²) in [6.07, 6.45) is 5.21. The molecular weight excluding hydrogens is 266 g/mol. The van der Waals surface area contributed by atoms with Gasteiger partial charge in [-0.15, -0.1) is 11.3 Å². The van der Waals surface area contributed by atoms with E-state index < -0.39 is 0 Å². The second kappa shape index (κ2) is 4.97. The summed E-state index contributed by atoms with van der Waals surface area (Å²) >= 11 is 1.82. The summed E-state index contributed by atoms with van der Waals surface area (Å²) in [5, 5.41) is 0.904. The lowest BCUT2D eigenvalue weighted by atomic mass is 9.85. The monoisotopic (exact) mass is 285 g/mol. The van der Waals surface area contributed by atoms with Gasteiger partial charge < -0.3 is 0 Å². The fourth-order valence-corrected chi connectivity index (χ4v) is 4.50. The first-order valence-electron chi connectivity index (χ1n) is 7.57. The molecule has 0 saturated heterocycles. The van der Waals surface area contributed by atoms with E-state index in [-0.39, 0.29) is 5.43 Å². The van der Waals surface area contributed by atoms with Gasteiger partial charge in [-0.1, -0.05) is 18.6 Å². The van der Waals surface area contributed by atoms with E-state index in [9.17, 15) is 4.79 Å². The van der Waals surface area contributed by atoms with Crippen molar-refractivity contribution in [2.45, 2.75) is 32.2 Å². The molecule has 1 saturated carbocycles. The molecule has 3 heteroatoms. The fraction of sp³-hybridized carbons (Fsp3) is 0.471. The van der Waals surface area contributed by atoms with Crippen LogP contribution in [0.5, 0.6) is 0 Å². The van der Waals surface area contributed by atoms with Crippen LogP contribution in [0.4, 0.5) is 0 Å². The Labute approximate surface area is 123 Å². The van der Waals surface area contributed by atoms with Crippen molar-refractivity contribution in [3.05, 3.63) is 44.9 Å². The molecule has 1 aliphatic heterocycles. The predicted molar refractivity (Wildman–Crippen MR) is 84.4 cm³/mol. The standard InChI is InChI=1S/C17H19NOS/c19-17-13-6-1-2-7-15(13)20-16-8-9-18(11-14(16)17)10-12-4-3-5-12/h1-2,6-7,12H,3-5,8-11H2. The van der Waals surface area contributed by atoms with Crippen molar-refractivity contribution < 1.29 is 0 Å². The number of rotatable bonds is 2. The molecule has 0 amide bonds. The van der Waals surface area contributed by atoms with E-state index in [1.807, 2.05) is 29.5 Å². The number of benzene rings is 1. The molecule has 0 bridgehead atoms. The summed E-state index contributed by atoms with van der Waals surface area (Å²) in [6.45, 7) is 3.18. The summed E-state index contributed by atoms with van der Waals surface area (Å²) in [6, 6.07) is 8.04. The van der Waals surface area contributed by atoms with Crippen molar-refractivity contribution in [1.82, 2.24) is 4.90 Å². The van der Waals surface area contributed by atoms with E-state index in [0.29, 0.717) is 0 Å². The minimum absolute atomic E-state index is 0.271. The van der Waals surface area contributed by atoms with E-state index in [4.69, 9.17) is 0 Å². The van der Waals surface area contributed by atoms with Crippen LogP contribution in [0.2, 0.25) is 0 Å². The van der Waals surface area contributed by atoms with Crippen molar-refractivity contribution in [3.63, 3.8) is 0 Å². The summed E-state index contributed by atoms with van der Waals surface area (Å²) < 4.78 is 1.14. The molecule has 20 heavy (non-hydrogen) atoms. The van der Waals surface area contributed by atoms with Crippen LogP contribution < -0.4 is 5.43 Å². The van der Waals surface area contributed by atoms with Gasteiger partial charge in [0.2, 0.25) is 0 Å². The van der Waals surface area contributed by atoms with Crippen LogP contribution in [0.3, 0.4) is 0 Å². The Hall–Kier alpha value is -1.19. The lowest BCUT2D eigenvalue weighted by Crippen LogP contribution is -2.38. The highest BCUT2D eigenvalue weighted by Crippen LogP contribution is 2.30. The zero-order valence-corrected chi connectivity index (χ0v) is 12.4. The SMILES string of the molecule is O=c1c2c(sc3ccccc13)CCN(CC1CCC1)C2. The summed E-state index contributed by atoms with van der Waals surface area (Å²) in [5.41, 5.74) is 1.34. The number of fused-ring (bicyclic) bond motifs is 2. The Balaban J connectivity index is 1.69. The van der Waals surface area contributed by atoms with Crippen LogP contribution in [0.25, 0.3) is 10.1 Å². The molecule has 0 radical (unpaired) electrons. The summed E-state index contributed by atoms with van der Waals surface area (Å²) in [4.78, 5) is 16.5. The van der Waals surface area contributed by atoms with E-state index in [1.54, 1.807) is 0 Å². The van der Waals surface area contributed by atoms with Crippen molar-refractivity contribution in [2.75, 3.05) is 13.1 Å². The van der Waals surface area contributed by atoms with Gasteiger partial charge in [0.1, 0.15) is 0 Å². The number of nitrogens with zero attached hydrogens (tertiary/aromatic N) is 1. The average molecular weight is 285 g/mol. The van der Waals surface area contributed by atoms with Crippen molar-refractivity contribution in [1.29, 1.82) is 0 Å². The molecule has 2 aliphatic rings. The Morgan fingerprint density at radius 3 is 2.90 bits per heavy atom. The smallest absolute Gasteiger partial charge is 0.192 e. The van der Waals surface area contributed by atoms with Gasteiger partial charge in [-0.2, -0.15) is 0 Å². The molecular formula is C17H19NOS. The molecule has 2 aromatic rings. The van der Waals surface area contributed by atoms with Crippen molar-refractivity contribution >= 4 is 21.4 Å². The van der Waals surface area contributed by atoms with Gasteiger partial charge in [-0.25, -0.2) is 0 Å². The largest absolute Gasteiger partial charge is 0.298 e. The number of hydrogen-bond acceptors (Lipinski definition) is 3. The topological polar surface area (TPSA) is 20.3 Å². The van der Waals surface area contributed by atoms with E-state index >= 15 is 0 Å². The molecule has 1 aromatic heterocycles. The first-order chi connectivity index (χ1) is 9.81. The molecule has 1 aliphatic carbocycles. The second-order valence-corrected chi connectivity index (χ2v) is 7.25. The molecule has 0 unspecified atom stereocenters. The van der Waals surface area contributed by atoms with Gasteiger partial charge in [-0.05, 0) is 37.3 Å². The quantitative estimate of drug-likeness (QED) is 0.842. The lowest BCUT2D eigenvalue weighted by molar-refractivity contribution is 0.166. The maximum atomic E-state index is 12.7. The maximum absolute atomic E-state index is 12.7. The molecule has 0 N–H and O–H groups in total. The molecule has 2 nitrogen and oxygen atoms in total. The fourth-order valence-electron chi connectivity index (χ4n) is 3.35. The molecule has 1 fully saturated rings. The highest BCUT2D eigenvalue weighted by Gasteiger charge is 2.25. The van der Waals surface area contributed by atoms with Crippen LogP contribution in [0, 0.1) is 5.92 Å². The summed E-state index contributed by atoms with van der Waals surface area (Å²) in [5.74, 6) is 0.885. The third-order valence-corrected chi connectivity index (χ3v) is 6.03. The normalized spacial score (nSPS) is 19.8. The van der Waals surface area contributed by atoms with E-state index in [0.717, 1.165) is 41.1 Å². The average Bonchev–Trinajstić information content (AvgIpc) is 2.44. The second-order valence-electron chi connectivity index (χ2n) is 6.11. The molecule has 2 heterocycles. The predicted octanol–water partition coefficient (Wildman–Crippen LogP) is 3.42. The van der Waals surface area contributed by atoms with E-state index in [1.165, 1.54) is 30.7 Å². The summed E-state index contributed by atoms with van der Waals surface area (Å²) in [7, 11) is 0. The Morgan fingerprint density at radius 2 is 2.10 bits per heavy atom. The third kappa shape index (κ3) is 2.09. The van der Waals surface area contributed by atoms with Gasteiger partial charge >= 0.3 is 0 Å². The molecule has 0 atom stereocenters. The maximum Gasteiger partial charge on any atom is 0.192 e. The van der Waals surface area contributed by atoms with E-state index in [2.05, 4.69) is 11.0 Å². The lowest BCUT2D eigenvalue weighted by Gasteiger charge is -2.34. The highest BCUT2D eigenvalue weighted by molar-refractivity contribution is 7.18. The Bertz CT molecular complexity index is 702. The zero-order chi connectivity index (χ0) is 13.5. The van der Waals surface area contributed by atoms with Gasteiger partial charge in [0.15, 0.2) is 5.43 Å². The molecule has 104 valence electrons. The molecule has 0 spiro atoms. The van der Waals surface area contributed by atoms with Gasteiger partial charge in [0.05, 0.1) is 0 Å². The molecule has 4 rings (SSSR count). The van der Waals surface area contributed by atoms with Gasteiger partial charge in [0, 0.05) is 40.2 Å². The van der Waals surface area contributed by atoms with Crippen LogP contribution in [0.15, 0.2) is 29.1 Å². The Kier molecular flexibility index (Phi) is 3.12. The molecule has 1 aromatic carbocycles. The first kappa shape index (κ1) is 12.5. The van der Waals surface area contributed by atoms with Crippen LogP contribution in [0.1, 0.15) is 29.7 Å². The van der Waals surface area contributed by atoms with Gasteiger partial charge in [0.25, 0.3) is 0 Å².